The number of rotatable bonds is 23. The van der Waals surface area contributed by atoms with E-state index in [2.05, 4.69) is 13.8 Å². The molecular formula is C56H62O6. The SMILES string of the molecule is CCCCCCCCOc1ccc(-c2ccc(OC(=O)c3cccc(C)c3-c3c(C)cccc3C(=O)Oc3ccc(-c4ccc(OCCCCCCCC)cc4)cc3)cc2)cc1. The van der Waals surface area contributed by atoms with Crippen molar-refractivity contribution in [2.45, 2.75) is 105 Å². The van der Waals surface area contributed by atoms with E-state index < -0.39 is 11.9 Å². The Morgan fingerprint density at radius 2 is 0.677 bits per heavy atom. The molecule has 0 aliphatic rings. The van der Waals surface area contributed by atoms with E-state index in [1.54, 1.807) is 36.4 Å². The molecule has 0 unspecified atom stereocenters. The number of hydrogen-bond acceptors (Lipinski definition) is 6. The summed E-state index contributed by atoms with van der Waals surface area (Å²) in [7, 11) is 0. The Bertz CT molecular complexity index is 2140. The molecule has 6 aromatic rings. The van der Waals surface area contributed by atoms with E-state index in [0.29, 0.717) is 33.8 Å². The first kappa shape index (κ1) is 45.4. The van der Waals surface area contributed by atoms with Crippen LogP contribution in [0.4, 0.5) is 0 Å². The van der Waals surface area contributed by atoms with Crippen molar-refractivity contribution < 1.29 is 28.5 Å². The van der Waals surface area contributed by atoms with Crippen LogP contribution >= 0.6 is 0 Å². The summed E-state index contributed by atoms with van der Waals surface area (Å²) in [4.78, 5) is 27.8. The third-order valence-corrected chi connectivity index (χ3v) is 11.3. The number of carbonyl (C=O) groups is 2. The van der Waals surface area contributed by atoms with Gasteiger partial charge in [0.05, 0.1) is 24.3 Å². The monoisotopic (exact) mass is 830 g/mol. The van der Waals surface area contributed by atoms with E-state index >= 15 is 0 Å². The van der Waals surface area contributed by atoms with Crippen molar-refractivity contribution in [1.82, 2.24) is 0 Å². The third kappa shape index (κ3) is 12.9. The first-order valence-corrected chi connectivity index (χ1v) is 22.6. The Morgan fingerprint density at radius 3 is 1.02 bits per heavy atom. The molecule has 0 spiro atoms. The summed E-state index contributed by atoms with van der Waals surface area (Å²) in [6, 6.07) is 42.1. The summed E-state index contributed by atoms with van der Waals surface area (Å²) >= 11 is 0. The molecule has 0 bridgehead atoms. The van der Waals surface area contributed by atoms with Gasteiger partial charge in [-0.15, -0.1) is 0 Å². The molecule has 0 saturated heterocycles. The Labute approximate surface area is 369 Å². The second-order valence-electron chi connectivity index (χ2n) is 16.1. The van der Waals surface area contributed by atoms with E-state index in [4.69, 9.17) is 18.9 Å². The molecule has 0 aliphatic heterocycles. The van der Waals surface area contributed by atoms with Gasteiger partial charge in [0.25, 0.3) is 0 Å². The highest BCUT2D eigenvalue weighted by atomic mass is 16.5. The number of aryl methyl sites for hydroxylation is 2. The highest BCUT2D eigenvalue weighted by Gasteiger charge is 2.24. The molecule has 0 aromatic heterocycles. The van der Waals surface area contributed by atoms with Gasteiger partial charge in [0.2, 0.25) is 0 Å². The van der Waals surface area contributed by atoms with Crippen molar-refractivity contribution in [3.05, 3.63) is 156 Å². The number of unbranched alkanes of at least 4 members (excludes halogenated alkanes) is 10. The topological polar surface area (TPSA) is 71.1 Å². The smallest absolute Gasteiger partial charge is 0.344 e. The summed E-state index contributed by atoms with van der Waals surface area (Å²) in [5, 5.41) is 0. The summed E-state index contributed by atoms with van der Waals surface area (Å²) in [6.07, 6.45) is 14.8. The maximum Gasteiger partial charge on any atom is 0.344 e. The Morgan fingerprint density at radius 1 is 0.371 bits per heavy atom. The Hall–Kier alpha value is -6.14. The molecule has 0 amide bonds. The number of carbonyl (C=O) groups excluding carboxylic acids is 2. The van der Waals surface area contributed by atoms with Crippen LogP contribution in [-0.2, 0) is 0 Å². The van der Waals surface area contributed by atoms with Crippen molar-refractivity contribution in [2.75, 3.05) is 13.2 Å². The van der Waals surface area contributed by atoms with Crippen molar-refractivity contribution in [1.29, 1.82) is 0 Å². The molecule has 0 atom stereocenters. The second kappa shape index (κ2) is 23.7. The van der Waals surface area contributed by atoms with Crippen LogP contribution < -0.4 is 18.9 Å². The summed E-state index contributed by atoms with van der Waals surface area (Å²) in [5.74, 6) is 1.54. The second-order valence-corrected chi connectivity index (χ2v) is 16.1. The van der Waals surface area contributed by atoms with Crippen LogP contribution in [0.1, 0.15) is 123 Å². The summed E-state index contributed by atoms with van der Waals surface area (Å²) in [5.41, 5.74) is 7.73. The molecule has 6 heteroatoms. The Balaban J connectivity index is 1.08. The third-order valence-electron chi connectivity index (χ3n) is 11.3. The largest absolute Gasteiger partial charge is 0.494 e. The number of esters is 2. The quantitative estimate of drug-likeness (QED) is 0.0364. The fourth-order valence-corrected chi connectivity index (χ4v) is 7.73. The first-order valence-electron chi connectivity index (χ1n) is 22.6. The van der Waals surface area contributed by atoms with Crippen molar-refractivity contribution in [3.63, 3.8) is 0 Å². The molecule has 62 heavy (non-hydrogen) atoms. The lowest BCUT2D eigenvalue weighted by molar-refractivity contribution is 0.0723. The van der Waals surface area contributed by atoms with Gasteiger partial charge in [0.1, 0.15) is 23.0 Å². The molecule has 0 radical (unpaired) electrons. The van der Waals surface area contributed by atoms with E-state index in [1.807, 2.05) is 111 Å². The van der Waals surface area contributed by atoms with Crippen LogP contribution in [0.25, 0.3) is 33.4 Å². The fourth-order valence-electron chi connectivity index (χ4n) is 7.73. The van der Waals surface area contributed by atoms with Crippen molar-refractivity contribution in [2.24, 2.45) is 0 Å². The molecule has 0 aliphatic carbocycles. The average molecular weight is 831 g/mol. The van der Waals surface area contributed by atoms with E-state index in [9.17, 15) is 9.59 Å². The van der Waals surface area contributed by atoms with Crippen LogP contribution in [0.2, 0.25) is 0 Å². The number of benzene rings is 6. The van der Waals surface area contributed by atoms with Gasteiger partial charge in [-0.2, -0.15) is 0 Å². The van der Waals surface area contributed by atoms with Gasteiger partial charge < -0.3 is 18.9 Å². The molecule has 6 aromatic carbocycles. The minimum Gasteiger partial charge on any atom is -0.494 e. The van der Waals surface area contributed by atoms with Crippen LogP contribution in [-0.4, -0.2) is 25.2 Å². The first-order chi connectivity index (χ1) is 30.3. The van der Waals surface area contributed by atoms with Crippen LogP contribution in [0, 0.1) is 13.8 Å². The minimum atomic E-state index is -0.515. The molecule has 322 valence electrons. The zero-order valence-electron chi connectivity index (χ0n) is 37.1. The fraction of sp³-hybridized carbons (Fsp3) is 0.321. The molecule has 6 nitrogen and oxygen atoms in total. The molecule has 0 fully saturated rings. The zero-order valence-corrected chi connectivity index (χ0v) is 37.1. The molecule has 6 rings (SSSR count). The lowest BCUT2D eigenvalue weighted by Gasteiger charge is -2.18. The minimum absolute atomic E-state index is 0.358. The van der Waals surface area contributed by atoms with Crippen molar-refractivity contribution >= 4 is 11.9 Å². The van der Waals surface area contributed by atoms with E-state index in [0.717, 1.165) is 70.9 Å². The highest BCUT2D eigenvalue weighted by Crippen LogP contribution is 2.35. The van der Waals surface area contributed by atoms with Gasteiger partial charge in [0, 0.05) is 11.1 Å². The lowest BCUT2D eigenvalue weighted by Crippen LogP contribution is -2.14. The summed E-state index contributed by atoms with van der Waals surface area (Å²) in [6.45, 7) is 9.78. The molecular weight excluding hydrogens is 769 g/mol. The van der Waals surface area contributed by atoms with Gasteiger partial charge in [-0.25, -0.2) is 9.59 Å². The molecule has 0 saturated carbocycles. The van der Waals surface area contributed by atoms with E-state index in [-0.39, 0.29) is 0 Å². The predicted octanol–water partition coefficient (Wildman–Crippen LogP) is 15.2. The zero-order chi connectivity index (χ0) is 43.5. The average Bonchev–Trinajstić information content (AvgIpc) is 3.29. The maximum atomic E-state index is 13.9. The maximum absolute atomic E-state index is 13.9. The van der Waals surface area contributed by atoms with Gasteiger partial charge in [0.15, 0.2) is 0 Å². The molecule has 0 heterocycles. The number of hydrogen-bond donors (Lipinski definition) is 0. The summed E-state index contributed by atoms with van der Waals surface area (Å²) < 4.78 is 23.8. The van der Waals surface area contributed by atoms with Crippen LogP contribution in [0.3, 0.4) is 0 Å². The van der Waals surface area contributed by atoms with Crippen LogP contribution in [0.5, 0.6) is 23.0 Å². The van der Waals surface area contributed by atoms with Gasteiger partial charge in [-0.05, 0) is 121 Å². The van der Waals surface area contributed by atoms with Gasteiger partial charge in [-0.1, -0.05) is 151 Å². The van der Waals surface area contributed by atoms with Gasteiger partial charge >= 0.3 is 11.9 Å². The highest BCUT2D eigenvalue weighted by molar-refractivity contribution is 6.05. The Kier molecular flexibility index (Phi) is 17.4. The number of ether oxygens (including phenoxy) is 4. The molecule has 0 N–H and O–H groups in total. The van der Waals surface area contributed by atoms with Crippen molar-refractivity contribution in [3.8, 4) is 56.4 Å². The lowest BCUT2D eigenvalue weighted by atomic mass is 9.88. The van der Waals surface area contributed by atoms with E-state index in [1.165, 1.54) is 64.2 Å². The normalized spacial score (nSPS) is 11.0. The standard InChI is InChI=1S/C56H62O6/c1-5-7-9-11-13-15-39-59-47-31-23-43(24-32-47)45-27-35-49(36-28-45)61-55(57)51-21-17-19-41(3)53(51)54-42(4)20-18-22-52(54)56(58)62-50-37-29-46(30-38-50)44-25-33-48(34-26-44)60-40-16-14-12-10-8-6-2/h17-38H,5-16,39-40H2,1-4H3. The van der Waals surface area contributed by atoms with Gasteiger partial charge in [-0.3, -0.25) is 0 Å². The van der Waals surface area contributed by atoms with Crippen LogP contribution in [0.15, 0.2) is 133 Å². The predicted molar refractivity (Wildman–Crippen MR) is 253 cm³/mol.